The van der Waals surface area contributed by atoms with Gasteiger partial charge in [0.25, 0.3) is 5.91 Å². The van der Waals surface area contributed by atoms with E-state index in [4.69, 9.17) is 0 Å². The van der Waals surface area contributed by atoms with Gasteiger partial charge in [-0.05, 0) is 60.7 Å². The molecule has 2 heterocycles. The molecule has 5 heteroatoms. The Morgan fingerprint density at radius 2 is 1.68 bits per heavy atom. The molecule has 4 rings (SSSR count). The molecule has 0 fully saturated rings. The molecule has 122 valence electrons. The van der Waals surface area contributed by atoms with Gasteiger partial charge in [0, 0.05) is 46.5 Å². The van der Waals surface area contributed by atoms with Gasteiger partial charge >= 0.3 is 0 Å². The SMILES string of the molecule is O=C(Nc1ccc(-c2nccs2)cc1)c1ccc(-n2cccc2)cc1. The second kappa shape index (κ2) is 6.75. The van der Waals surface area contributed by atoms with Gasteiger partial charge in [0.1, 0.15) is 5.01 Å². The van der Waals surface area contributed by atoms with Crippen molar-refractivity contribution in [2.45, 2.75) is 0 Å². The van der Waals surface area contributed by atoms with Crippen LogP contribution in [0.5, 0.6) is 0 Å². The molecule has 0 unspecified atom stereocenters. The Bertz CT molecular complexity index is 957. The highest BCUT2D eigenvalue weighted by atomic mass is 32.1. The number of rotatable bonds is 4. The van der Waals surface area contributed by atoms with Gasteiger partial charge in [-0.1, -0.05) is 0 Å². The van der Waals surface area contributed by atoms with Crippen LogP contribution in [0.15, 0.2) is 84.6 Å². The number of hydrogen-bond donors (Lipinski definition) is 1. The number of amides is 1. The average molecular weight is 345 g/mol. The maximum absolute atomic E-state index is 12.4. The first-order chi connectivity index (χ1) is 12.3. The number of thiazole rings is 1. The predicted molar refractivity (Wildman–Crippen MR) is 101 cm³/mol. The van der Waals surface area contributed by atoms with Crippen LogP contribution >= 0.6 is 11.3 Å². The van der Waals surface area contributed by atoms with Crippen LogP contribution in [0.2, 0.25) is 0 Å². The molecule has 2 aromatic carbocycles. The zero-order valence-electron chi connectivity index (χ0n) is 13.3. The number of nitrogens with one attached hydrogen (secondary N) is 1. The van der Waals surface area contributed by atoms with E-state index in [-0.39, 0.29) is 5.91 Å². The minimum Gasteiger partial charge on any atom is -0.324 e. The highest BCUT2D eigenvalue weighted by Gasteiger charge is 2.07. The van der Waals surface area contributed by atoms with Crippen molar-refractivity contribution in [1.29, 1.82) is 0 Å². The summed E-state index contributed by atoms with van der Waals surface area (Å²) in [5.41, 5.74) is 3.46. The second-order valence-electron chi connectivity index (χ2n) is 5.51. The molecule has 25 heavy (non-hydrogen) atoms. The van der Waals surface area contributed by atoms with Crippen molar-refractivity contribution in [2.24, 2.45) is 0 Å². The molecule has 4 aromatic rings. The number of carbonyl (C=O) groups excluding carboxylic acids is 1. The van der Waals surface area contributed by atoms with Crippen LogP contribution in [0.25, 0.3) is 16.3 Å². The van der Waals surface area contributed by atoms with Gasteiger partial charge in [-0.25, -0.2) is 4.98 Å². The third-order valence-electron chi connectivity index (χ3n) is 3.85. The van der Waals surface area contributed by atoms with Gasteiger partial charge in [-0.2, -0.15) is 0 Å². The molecular formula is C20H15N3OS. The van der Waals surface area contributed by atoms with Gasteiger partial charge in [0.05, 0.1) is 0 Å². The summed E-state index contributed by atoms with van der Waals surface area (Å²) in [5, 5.41) is 5.84. The molecule has 0 atom stereocenters. The second-order valence-corrected chi connectivity index (χ2v) is 6.40. The Morgan fingerprint density at radius 1 is 0.960 bits per heavy atom. The predicted octanol–water partition coefficient (Wildman–Crippen LogP) is 4.85. The Morgan fingerprint density at radius 3 is 2.32 bits per heavy atom. The minimum atomic E-state index is -0.124. The zero-order valence-corrected chi connectivity index (χ0v) is 14.1. The van der Waals surface area contributed by atoms with Gasteiger partial charge in [0.15, 0.2) is 0 Å². The van der Waals surface area contributed by atoms with Crippen LogP contribution in [0, 0.1) is 0 Å². The summed E-state index contributed by atoms with van der Waals surface area (Å²) in [4.78, 5) is 16.7. The van der Waals surface area contributed by atoms with E-state index in [1.165, 1.54) is 0 Å². The first-order valence-electron chi connectivity index (χ1n) is 7.84. The monoisotopic (exact) mass is 345 g/mol. The van der Waals surface area contributed by atoms with E-state index in [0.717, 1.165) is 21.9 Å². The number of benzene rings is 2. The zero-order chi connectivity index (χ0) is 17.1. The molecule has 0 aliphatic rings. The van der Waals surface area contributed by atoms with Gasteiger partial charge in [0.2, 0.25) is 0 Å². The fourth-order valence-electron chi connectivity index (χ4n) is 2.56. The smallest absolute Gasteiger partial charge is 0.255 e. The van der Waals surface area contributed by atoms with E-state index in [1.807, 2.05) is 83.0 Å². The van der Waals surface area contributed by atoms with Crippen LogP contribution in [-0.4, -0.2) is 15.5 Å². The topological polar surface area (TPSA) is 46.9 Å². The van der Waals surface area contributed by atoms with E-state index < -0.39 is 0 Å². The lowest BCUT2D eigenvalue weighted by molar-refractivity contribution is 0.102. The molecule has 0 bridgehead atoms. The van der Waals surface area contributed by atoms with E-state index >= 15 is 0 Å². The Labute approximate surface area is 149 Å². The number of aromatic nitrogens is 2. The van der Waals surface area contributed by atoms with E-state index in [2.05, 4.69) is 10.3 Å². The first kappa shape index (κ1) is 15.4. The summed E-state index contributed by atoms with van der Waals surface area (Å²) in [7, 11) is 0. The summed E-state index contributed by atoms with van der Waals surface area (Å²) < 4.78 is 2.00. The lowest BCUT2D eigenvalue weighted by Gasteiger charge is -2.07. The van der Waals surface area contributed by atoms with E-state index in [0.29, 0.717) is 5.56 Å². The number of anilines is 1. The molecular weight excluding hydrogens is 330 g/mol. The number of nitrogens with zero attached hydrogens (tertiary/aromatic N) is 2. The van der Waals surface area contributed by atoms with Crippen LogP contribution in [-0.2, 0) is 0 Å². The quantitative estimate of drug-likeness (QED) is 0.574. The largest absolute Gasteiger partial charge is 0.324 e. The van der Waals surface area contributed by atoms with Crippen LogP contribution in [0.4, 0.5) is 5.69 Å². The molecule has 2 aromatic heterocycles. The molecule has 0 spiro atoms. The van der Waals surface area contributed by atoms with Crippen molar-refractivity contribution in [3.63, 3.8) is 0 Å². The molecule has 1 N–H and O–H groups in total. The van der Waals surface area contributed by atoms with Crippen LogP contribution in [0.1, 0.15) is 10.4 Å². The molecule has 4 nitrogen and oxygen atoms in total. The average Bonchev–Trinajstić information content (AvgIpc) is 3.36. The first-order valence-corrected chi connectivity index (χ1v) is 8.72. The molecule has 1 amide bonds. The maximum Gasteiger partial charge on any atom is 0.255 e. The highest BCUT2D eigenvalue weighted by Crippen LogP contribution is 2.23. The third-order valence-corrected chi connectivity index (χ3v) is 4.68. The summed E-state index contributed by atoms with van der Waals surface area (Å²) in [6, 6.07) is 19.2. The van der Waals surface area contributed by atoms with E-state index in [9.17, 15) is 4.79 Å². The third kappa shape index (κ3) is 3.36. The minimum absolute atomic E-state index is 0.124. The molecule has 0 radical (unpaired) electrons. The Kier molecular flexibility index (Phi) is 4.14. The van der Waals surface area contributed by atoms with Gasteiger partial charge in [-0.3, -0.25) is 4.79 Å². The van der Waals surface area contributed by atoms with Crippen LogP contribution < -0.4 is 5.32 Å². The van der Waals surface area contributed by atoms with Crippen LogP contribution in [0.3, 0.4) is 0 Å². The number of hydrogen-bond acceptors (Lipinski definition) is 3. The standard InChI is InChI=1S/C20H15N3OS/c24-19(15-5-9-18(10-6-15)23-12-1-2-13-23)22-17-7-3-16(4-8-17)20-21-11-14-25-20/h1-14H,(H,22,24). The molecule has 0 saturated carbocycles. The molecule has 0 aliphatic heterocycles. The van der Waals surface area contributed by atoms with Crippen molar-refractivity contribution >= 4 is 22.9 Å². The maximum atomic E-state index is 12.4. The highest BCUT2D eigenvalue weighted by molar-refractivity contribution is 7.13. The normalized spacial score (nSPS) is 10.6. The Balaban J connectivity index is 1.46. The molecule has 0 saturated heterocycles. The fourth-order valence-corrected chi connectivity index (χ4v) is 3.20. The van der Waals surface area contributed by atoms with Crippen molar-refractivity contribution in [1.82, 2.24) is 9.55 Å². The summed E-state index contributed by atoms with van der Waals surface area (Å²) in [6.45, 7) is 0. The van der Waals surface area contributed by atoms with Crippen molar-refractivity contribution in [3.05, 3.63) is 90.2 Å². The lowest BCUT2D eigenvalue weighted by atomic mass is 10.1. The van der Waals surface area contributed by atoms with Gasteiger partial charge < -0.3 is 9.88 Å². The molecule has 0 aliphatic carbocycles. The van der Waals surface area contributed by atoms with Crippen molar-refractivity contribution < 1.29 is 4.79 Å². The summed E-state index contributed by atoms with van der Waals surface area (Å²) in [5.74, 6) is -0.124. The Hall–Kier alpha value is -3.18. The van der Waals surface area contributed by atoms with Crippen molar-refractivity contribution in [2.75, 3.05) is 5.32 Å². The van der Waals surface area contributed by atoms with Gasteiger partial charge in [-0.15, -0.1) is 11.3 Å². The number of carbonyl (C=O) groups is 1. The van der Waals surface area contributed by atoms with Crippen molar-refractivity contribution in [3.8, 4) is 16.3 Å². The lowest BCUT2D eigenvalue weighted by Crippen LogP contribution is -2.11. The summed E-state index contributed by atoms with van der Waals surface area (Å²) in [6.07, 6.45) is 5.73. The summed E-state index contributed by atoms with van der Waals surface area (Å²) >= 11 is 1.59. The fraction of sp³-hybridized carbons (Fsp3) is 0. The van der Waals surface area contributed by atoms with E-state index in [1.54, 1.807) is 17.5 Å².